The minimum absolute atomic E-state index is 0.0282. The number of aryl methyl sites for hydroxylation is 1. The van der Waals surface area contributed by atoms with Crippen LogP contribution in [0, 0.1) is 11.6 Å². The highest BCUT2D eigenvalue weighted by molar-refractivity contribution is 5.28. The van der Waals surface area contributed by atoms with E-state index in [9.17, 15) is 8.78 Å². The highest BCUT2D eigenvalue weighted by Crippen LogP contribution is 2.22. The van der Waals surface area contributed by atoms with E-state index in [1.165, 1.54) is 12.1 Å². The first kappa shape index (κ1) is 10.2. The first-order valence-corrected chi connectivity index (χ1v) is 4.54. The van der Waals surface area contributed by atoms with Gasteiger partial charge in [-0.05, 0) is 35.6 Å². The summed E-state index contributed by atoms with van der Waals surface area (Å²) < 4.78 is 26.5. The molecule has 0 aromatic heterocycles. The first-order chi connectivity index (χ1) is 6.06. The average Bonchev–Trinajstić information content (AvgIpc) is 2.07. The molecule has 1 rings (SSSR count). The molecule has 2 heteroatoms. The van der Waals surface area contributed by atoms with Crippen molar-refractivity contribution in [2.45, 2.75) is 33.1 Å². The maximum absolute atomic E-state index is 13.3. The van der Waals surface area contributed by atoms with Crippen LogP contribution in [0.15, 0.2) is 12.1 Å². The Morgan fingerprint density at radius 2 is 1.77 bits per heavy atom. The lowest BCUT2D eigenvalue weighted by Crippen LogP contribution is -1.98. The molecule has 0 unspecified atom stereocenters. The molecule has 0 spiro atoms. The predicted octanol–water partition coefficient (Wildman–Crippen LogP) is 3.65. The summed E-state index contributed by atoms with van der Waals surface area (Å²) in [6.45, 7) is 5.51. The summed E-state index contributed by atoms with van der Waals surface area (Å²) in [5.41, 5.74) is 0.900. The van der Waals surface area contributed by atoms with Crippen molar-refractivity contribution in [3.8, 4) is 0 Å². The molecule has 0 amide bonds. The van der Waals surface area contributed by atoms with Crippen molar-refractivity contribution in [3.63, 3.8) is 0 Å². The van der Waals surface area contributed by atoms with Gasteiger partial charge in [-0.2, -0.15) is 0 Å². The highest BCUT2D eigenvalue weighted by Gasteiger charge is 2.10. The highest BCUT2D eigenvalue weighted by atomic mass is 19.1. The van der Waals surface area contributed by atoms with Crippen molar-refractivity contribution in [2.24, 2.45) is 0 Å². The van der Waals surface area contributed by atoms with Gasteiger partial charge in [-0.25, -0.2) is 8.78 Å². The molecule has 0 heterocycles. The average molecular weight is 184 g/mol. The van der Waals surface area contributed by atoms with Gasteiger partial charge in [-0.3, -0.25) is 0 Å². The number of hydrogen-bond donors (Lipinski definition) is 0. The molecule has 0 radical (unpaired) electrons. The largest absolute Gasteiger partial charge is 0.207 e. The molecule has 0 atom stereocenters. The quantitative estimate of drug-likeness (QED) is 0.658. The Morgan fingerprint density at radius 3 is 2.23 bits per heavy atom. The summed E-state index contributed by atoms with van der Waals surface area (Å²) in [5.74, 6) is -0.568. The van der Waals surface area contributed by atoms with E-state index in [1.807, 2.05) is 20.8 Å². The Bertz CT molecular complexity index is 303. The third-order valence-corrected chi connectivity index (χ3v) is 2.17. The van der Waals surface area contributed by atoms with Crippen molar-refractivity contribution < 1.29 is 8.78 Å². The fourth-order valence-electron chi connectivity index (χ4n) is 1.32. The van der Waals surface area contributed by atoms with Crippen LogP contribution in [0.2, 0.25) is 0 Å². The Hall–Kier alpha value is -0.920. The fraction of sp³-hybridized carbons (Fsp3) is 0.455. The van der Waals surface area contributed by atoms with Crippen molar-refractivity contribution >= 4 is 0 Å². The van der Waals surface area contributed by atoms with Crippen LogP contribution in [0.3, 0.4) is 0 Å². The molecule has 0 aliphatic carbocycles. The molecule has 0 saturated heterocycles. The van der Waals surface area contributed by atoms with Gasteiger partial charge in [0.2, 0.25) is 0 Å². The lowest BCUT2D eigenvalue weighted by atomic mass is 10.00. The monoisotopic (exact) mass is 184 g/mol. The van der Waals surface area contributed by atoms with E-state index in [0.717, 1.165) is 0 Å². The van der Waals surface area contributed by atoms with Crippen molar-refractivity contribution in [2.75, 3.05) is 0 Å². The minimum Gasteiger partial charge on any atom is -0.207 e. The predicted molar refractivity (Wildman–Crippen MR) is 49.8 cm³/mol. The fourth-order valence-corrected chi connectivity index (χ4v) is 1.32. The Morgan fingerprint density at radius 1 is 1.15 bits per heavy atom. The zero-order valence-electron chi connectivity index (χ0n) is 8.20. The first-order valence-electron chi connectivity index (χ1n) is 4.54. The van der Waals surface area contributed by atoms with Crippen molar-refractivity contribution in [3.05, 3.63) is 34.9 Å². The molecule has 0 N–H and O–H groups in total. The van der Waals surface area contributed by atoms with E-state index >= 15 is 0 Å². The van der Waals surface area contributed by atoms with E-state index < -0.39 is 0 Å². The van der Waals surface area contributed by atoms with E-state index in [2.05, 4.69) is 0 Å². The Labute approximate surface area is 77.6 Å². The maximum atomic E-state index is 13.3. The lowest BCUT2D eigenvalue weighted by Gasteiger charge is -2.09. The second-order valence-corrected chi connectivity index (χ2v) is 3.47. The second-order valence-electron chi connectivity index (χ2n) is 3.47. The van der Waals surface area contributed by atoms with Crippen LogP contribution in [0.25, 0.3) is 0 Å². The van der Waals surface area contributed by atoms with Gasteiger partial charge in [0.05, 0.1) is 0 Å². The molecule has 1 aromatic carbocycles. The molecule has 0 saturated carbocycles. The second kappa shape index (κ2) is 3.86. The van der Waals surface area contributed by atoms with Crippen LogP contribution in [-0.2, 0) is 6.42 Å². The molecule has 0 aliphatic rings. The normalized spacial score (nSPS) is 10.9. The van der Waals surface area contributed by atoms with Crippen molar-refractivity contribution in [1.29, 1.82) is 0 Å². The third kappa shape index (κ3) is 2.06. The number of halogens is 2. The summed E-state index contributed by atoms with van der Waals surface area (Å²) >= 11 is 0. The van der Waals surface area contributed by atoms with E-state index in [1.54, 1.807) is 0 Å². The third-order valence-electron chi connectivity index (χ3n) is 2.17. The standard InChI is InChI=1S/C11H14F2/c1-4-8-5-11(13)9(7(2)3)6-10(8)12/h5-7H,4H2,1-3H3. The van der Waals surface area contributed by atoms with Gasteiger partial charge < -0.3 is 0 Å². The summed E-state index contributed by atoms with van der Waals surface area (Å²) in [7, 11) is 0. The molecular weight excluding hydrogens is 170 g/mol. The Kier molecular flexibility index (Phi) is 3.02. The maximum Gasteiger partial charge on any atom is 0.127 e. The van der Waals surface area contributed by atoms with E-state index in [0.29, 0.717) is 17.5 Å². The molecule has 0 aliphatic heterocycles. The van der Waals surface area contributed by atoms with Crippen LogP contribution < -0.4 is 0 Å². The summed E-state index contributed by atoms with van der Waals surface area (Å²) in [5, 5.41) is 0. The minimum atomic E-state index is -0.299. The molecule has 0 bridgehead atoms. The number of benzene rings is 1. The van der Waals surface area contributed by atoms with Crippen molar-refractivity contribution in [1.82, 2.24) is 0 Å². The molecular formula is C11H14F2. The van der Waals surface area contributed by atoms with E-state index in [4.69, 9.17) is 0 Å². The zero-order valence-corrected chi connectivity index (χ0v) is 8.20. The van der Waals surface area contributed by atoms with E-state index in [-0.39, 0.29) is 17.6 Å². The molecule has 13 heavy (non-hydrogen) atoms. The molecule has 0 nitrogen and oxygen atoms in total. The van der Waals surface area contributed by atoms with Crippen LogP contribution in [0.1, 0.15) is 37.8 Å². The number of hydrogen-bond acceptors (Lipinski definition) is 0. The van der Waals surface area contributed by atoms with Gasteiger partial charge in [0.1, 0.15) is 11.6 Å². The van der Waals surface area contributed by atoms with Crippen LogP contribution in [-0.4, -0.2) is 0 Å². The van der Waals surface area contributed by atoms with Crippen LogP contribution >= 0.6 is 0 Å². The van der Waals surface area contributed by atoms with Gasteiger partial charge >= 0.3 is 0 Å². The lowest BCUT2D eigenvalue weighted by molar-refractivity contribution is 0.565. The SMILES string of the molecule is CCc1cc(F)c(C(C)C)cc1F. The smallest absolute Gasteiger partial charge is 0.127 e. The zero-order chi connectivity index (χ0) is 10.0. The summed E-state index contributed by atoms with van der Waals surface area (Å²) in [6.07, 6.45) is 0.529. The molecule has 0 fully saturated rings. The van der Waals surface area contributed by atoms with Gasteiger partial charge in [-0.15, -0.1) is 0 Å². The Balaban J connectivity index is 3.20. The van der Waals surface area contributed by atoms with Gasteiger partial charge in [0, 0.05) is 0 Å². The molecule has 1 aromatic rings. The van der Waals surface area contributed by atoms with Crippen LogP contribution in [0.5, 0.6) is 0 Å². The van der Waals surface area contributed by atoms with Crippen LogP contribution in [0.4, 0.5) is 8.78 Å². The summed E-state index contributed by atoms with van der Waals surface area (Å²) in [6, 6.07) is 2.60. The van der Waals surface area contributed by atoms with Gasteiger partial charge in [0.25, 0.3) is 0 Å². The molecule has 72 valence electrons. The topological polar surface area (TPSA) is 0 Å². The number of rotatable bonds is 2. The van der Waals surface area contributed by atoms with Gasteiger partial charge in [-0.1, -0.05) is 20.8 Å². The van der Waals surface area contributed by atoms with Gasteiger partial charge in [0.15, 0.2) is 0 Å². The summed E-state index contributed by atoms with van der Waals surface area (Å²) in [4.78, 5) is 0.